The Balaban J connectivity index is 1.61. The van der Waals surface area contributed by atoms with Gasteiger partial charge in [-0.3, -0.25) is 0 Å². The van der Waals surface area contributed by atoms with Crippen molar-refractivity contribution in [3.63, 3.8) is 0 Å². The summed E-state index contributed by atoms with van der Waals surface area (Å²) >= 11 is 0. The number of nitrogens with zero attached hydrogens (tertiary/aromatic N) is 3. The Kier molecular flexibility index (Phi) is 3.45. The summed E-state index contributed by atoms with van der Waals surface area (Å²) < 4.78 is 49.2. The quantitative estimate of drug-likeness (QED) is 0.711. The van der Waals surface area contributed by atoms with Crippen LogP contribution in [0.25, 0.3) is 0 Å². The van der Waals surface area contributed by atoms with E-state index < -0.39 is 17.2 Å². The maximum Gasteiger partial charge on any atom is 0.416 e. The summed E-state index contributed by atoms with van der Waals surface area (Å²) in [6, 6.07) is 7.09. The van der Waals surface area contributed by atoms with Gasteiger partial charge in [-0.25, -0.2) is 0 Å². The molecule has 0 saturated heterocycles. The van der Waals surface area contributed by atoms with Crippen LogP contribution < -0.4 is 0 Å². The molecule has 1 aliphatic carbocycles. The van der Waals surface area contributed by atoms with E-state index in [1.54, 1.807) is 19.1 Å². The molecule has 0 N–H and O–H groups in total. The maximum absolute atomic E-state index is 13.0. The third kappa shape index (κ3) is 2.92. The van der Waals surface area contributed by atoms with Gasteiger partial charge in [0.25, 0.3) is 0 Å². The number of benzene rings is 1. The largest absolute Gasteiger partial charge is 0.416 e. The van der Waals surface area contributed by atoms with Crippen molar-refractivity contribution in [2.45, 2.75) is 37.8 Å². The summed E-state index contributed by atoms with van der Waals surface area (Å²) in [5.74, 6) is 1.36. The summed E-state index contributed by atoms with van der Waals surface area (Å²) in [5, 5.41) is 7.78. The first-order chi connectivity index (χ1) is 11.9. The predicted octanol–water partition coefficient (Wildman–Crippen LogP) is 4.06. The van der Waals surface area contributed by atoms with Gasteiger partial charge in [-0.1, -0.05) is 28.5 Å². The Morgan fingerprint density at radius 3 is 2.56 bits per heavy atom. The fraction of sp³-hybridized carbons (Fsp3) is 0.353. The summed E-state index contributed by atoms with van der Waals surface area (Å²) in [6.07, 6.45) is -2.70. The van der Waals surface area contributed by atoms with Crippen LogP contribution in [0.3, 0.4) is 0 Å². The molecule has 1 saturated carbocycles. The number of aryl methyl sites for hydroxylation is 1. The number of hydrogen-bond acceptors (Lipinski definition) is 5. The lowest BCUT2D eigenvalue weighted by atomic mass is 9.93. The fourth-order valence-corrected chi connectivity index (χ4v) is 2.93. The molecule has 5 nitrogen and oxygen atoms in total. The van der Waals surface area contributed by atoms with Crippen molar-refractivity contribution in [3.8, 4) is 0 Å². The summed E-state index contributed by atoms with van der Waals surface area (Å²) in [4.78, 5) is 4.37. The SMILES string of the molecule is Cc1cc(Cc2nc(C3(c4cccc(C(F)(F)F)c4)CC3)no2)on1. The van der Waals surface area contributed by atoms with Gasteiger partial charge in [-0.2, -0.15) is 18.2 Å². The molecular formula is C17H14F3N3O2. The van der Waals surface area contributed by atoms with Gasteiger partial charge in [0.05, 0.1) is 23.1 Å². The van der Waals surface area contributed by atoms with Crippen LogP contribution >= 0.6 is 0 Å². The van der Waals surface area contributed by atoms with Gasteiger partial charge in [0, 0.05) is 6.07 Å². The van der Waals surface area contributed by atoms with Crippen molar-refractivity contribution in [2.75, 3.05) is 0 Å². The monoisotopic (exact) mass is 349 g/mol. The number of rotatable bonds is 4. The van der Waals surface area contributed by atoms with E-state index in [1.165, 1.54) is 12.1 Å². The zero-order valence-electron chi connectivity index (χ0n) is 13.3. The highest BCUT2D eigenvalue weighted by Crippen LogP contribution is 2.52. The lowest BCUT2D eigenvalue weighted by Crippen LogP contribution is -2.13. The van der Waals surface area contributed by atoms with Crippen LogP contribution in [-0.4, -0.2) is 15.3 Å². The van der Waals surface area contributed by atoms with Crippen molar-refractivity contribution < 1.29 is 22.2 Å². The normalized spacial score (nSPS) is 16.2. The average molecular weight is 349 g/mol. The first-order valence-corrected chi connectivity index (χ1v) is 7.80. The van der Waals surface area contributed by atoms with Gasteiger partial charge in [-0.05, 0) is 31.4 Å². The molecule has 2 aromatic heterocycles. The second-order valence-electron chi connectivity index (χ2n) is 6.28. The van der Waals surface area contributed by atoms with Gasteiger partial charge in [0.2, 0.25) is 5.89 Å². The van der Waals surface area contributed by atoms with Crippen LogP contribution in [0.2, 0.25) is 0 Å². The Hall–Kier alpha value is -2.64. The predicted molar refractivity (Wildman–Crippen MR) is 79.8 cm³/mol. The van der Waals surface area contributed by atoms with Crippen molar-refractivity contribution >= 4 is 0 Å². The summed E-state index contributed by atoms with van der Waals surface area (Å²) in [7, 11) is 0. The molecule has 3 aromatic rings. The summed E-state index contributed by atoms with van der Waals surface area (Å²) in [5.41, 5.74) is 0.0417. The third-order valence-corrected chi connectivity index (χ3v) is 4.39. The zero-order chi connectivity index (χ0) is 17.7. The lowest BCUT2D eigenvalue weighted by Gasteiger charge is -2.14. The molecule has 0 amide bonds. The number of alkyl halides is 3. The highest BCUT2D eigenvalue weighted by molar-refractivity contribution is 5.41. The minimum Gasteiger partial charge on any atom is -0.361 e. The third-order valence-electron chi connectivity index (χ3n) is 4.39. The minimum absolute atomic E-state index is 0.298. The van der Waals surface area contributed by atoms with E-state index in [1.807, 2.05) is 0 Å². The Labute approximate surface area is 140 Å². The second-order valence-corrected chi connectivity index (χ2v) is 6.28. The second kappa shape index (κ2) is 5.44. The van der Waals surface area contributed by atoms with Crippen LogP contribution in [0, 0.1) is 6.92 Å². The van der Waals surface area contributed by atoms with Crippen LogP contribution in [0.1, 0.15) is 47.1 Å². The Bertz CT molecular complexity index is 910. The highest BCUT2D eigenvalue weighted by Gasteiger charge is 2.50. The number of aromatic nitrogens is 3. The van der Waals surface area contributed by atoms with Gasteiger partial charge in [-0.15, -0.1) is 0 Å². The minimum atomic E-state index is -4.38. The van der Waals surface area contributed by atoms with E-state index >= 15 is 0 Å². The molecule has 8 heteroatoms. The van der Waals surface area contributed by atoms with Gasteiger partial charge >= 0.3 is 6.18 Å². The molecule has 2 heterocycles. The number of halogens is 3. The first kappa shape index (κ1) is 15.9. The molecule has 0 unspecified atom stereocenters. The molecular weight excluding hydrogens is 335 g/mol. The molecule has 0 atom stereocenters. The smallest absolute Gasteiger partial charge is 0.361 e. The van der Waals surface area contributed by atoms with E-state index in [0.29, 0.717) is 42.3 Å². The Morgan fingerprint density at radius 1 is 1.12 bits per heavy atom. The molecule has 0 bridgehead atoms. The van der Waals surface area contributed by atoms with Crippen molar-refractivity contribution in [3.05, 3.63) is 64.6 Å². The standard InChI is InChI=1S/C17H14F3N3O2/c1-10-7-13(24-22-10)9-14-21-15(23-25-14)16(5-6-16)11-3-2-4-12(8-11)17(18,19)20/h2-4,7-8H,5-6,9H2,1H3. The lowest BCUT2D eigenvalue weighted by molar-refractivity contribution is -0.137. The van der Waals surface area contributed by atoms with Crippen molar-refractivity contribution in [1.82, 2.24) is 15.3 Å². The first-order valence-electron chi connectivity index (χ1n) is 7.80. The van der Waals surface area contributed by atoms with Crippen LogP contribution in [0.4, 0.5) is 13.2 Å². The van der Waals surface area contributed by atoms with Crippen molar-refractivity contribution in [1.29, 1.82) is 0 Å². The molecule has 4 rings (SSSR count). The van der Waals surface area contributed by atoms with Gasteiger partial charge < -0.3 is 9.05 Å². The molecule has 1 fully saturated rings. The van der Waals surface area contributed by atoms with Crippen molar-refractivity contribution in [2.24, 2.45) is 0 Å². The fourth-order valence-electron chi connectivity index (χ4n) is 2.93. The molecule has 0 aliphatic heterocycles. The van der Waals surface area contributed by atoms with E-state index in [2.05, 4.69) is 15.3 Å². The average Bonchev–Trinajstić information content (AvgIpc) is 3.08. The van der Waals surface area contributed by atoms with Gasteiger partial charge in [0.15, 0.2) is 5.82 Å². The zero-order valence-corrected chi connectivity index (χ0v) is 13.3. The van der Waals surface area contributed by atoms with E-state index in [4.69, 9.17) is 9.05 Å². The maximum atomic E-state index is 13.0. The Morgan fingerprint density at radius 2 is 1.92 bits per heavy atom. The van der Waals surface area contributed by atoms with Crippen LogP contribution in [0.15, 0.2) is 39.4 Å². The van der Waals surface area contributed by atoms with E-state index in [0.717, 1.165) is 11.8 Å². The molecule has 1 aromatic carbocycles. The molecule has 0 radical (unpaired) electrons. The van der Waals surface area contributed by atoms with Gasteiger partial charge in [0.1, 0.15) is 5.76 Å². The number of hydrogen-bond donors (Lipinski definition) is 0. The molecule has 1 aliphatic rings. The van der Waals surface area contributed by atoms with Crippen LogP contribution in [-0.2, 0) is 18.0 Å². The van der Waals surface area contributed by atoms with E-state index in [9.17, 15) is 13.2 Å². The molecule has 25 heavy (non-hydrogen) atoms. The molecule has 0 spiro atoms. The molecule has 130 valence electrons. The summed E-state index contributed by atoms with van der Waals surface area (Å²) in [6.45, 7) is 1.80. The highest BCUT2D eigenvalue weighted by atomic mass is 19.4. The van der Waals surface area contributed by atoms with E-state index in [-0.39, 0.29) is 0 Å². The topological polar surface area (TPSA) is 65.0 Å². The van der Waals surface area contributed by atoms with Crippen LogP contribution in [0.5, 0.6) is 0 Å².